The number of hydrogen-bond donors (Lipinski definition) is 1. The van der Waals surface area contributed by atoms with Gasteiger partial charge in [-0.15, -0.1) is 0 Å². The van der Waals surface area contributed by atoms with E-state index in [1.807, 2.05) is 31.7 Å². The molecule has 106 valence electrons. The number of aromatic nitrogens is 1. The second-order valence-electron chi connectivity index (χ2n) is 5.91. The molecule has 0 amide bonds. The van der Waals surface area contributed by atoms with Gasteiger partial charge in [0, 0.05) is 36.6 Å². The maximum absolute atomic E-state index is 12.4. The molecule has 1 aliphatic rings. The maximum atomic E-state index is 12.4. The quantitative estimate of drug-likeness (QED) is 0.843. The zero-order valence-corrected chi connectivity index (χ0v) is 12.4. The van der Waals surface area contributed by atoms with Gasteiger partial charge in [-0.1, -0.05) is 0 Å². The molecule has 2 rings (SSSR count). The van der Waals surface area contributed by atoms with Gasteiger partial charge < -0.3 is 9.67 Å². The van der Waals surface area contributed by atoms with Crippen LogP contribution in [0.1, 0.15) is 42.0 Å². The van der Waals surface area contributed by atoms with Crippen LogP contribution in [-0.2, 0) is 6.54 Å². The number of aliphatic hydroxyl groups is 1. The van der Waals surface area contributed by atoms with Crippen LogP contribution in [0.25, 0.3) is 0 Å². The molecule has 1 aromatic heterocycles. The van der Waals surface area contributed by atoms with Crippen molar-refractivity contribution < 1.29 is 9.90 Å². The molecule has 1 aromatic rings. The number of Topliss-reactive ketones (excluding diaryl/α,β-unsaturated/α-hetero) is 1. The first-order valence-electron chi connectivity index (χ1n) is 6.98. The van der Waals surface area contributed by atoms with E-state index in [4.69, 9.17) is 0 Å². The monoisotopic (exact) mass is 264 g/mol. The van der Waals surface area contributed by atoms with E-state index in [0.717, 1.165) is 36.5 Å². The summed E-state index contributed by atoms with van der Waals surface area (Å²) >= 11 is 0. The Bertz CT molecular complexity index is 489. The van der Waals surface area contributed by atoms with Gasteiger partial charge in [-0.25, -0.2) is 0 Å². The highest BCUT2D eigenvalue weighted by atomic mass is 16.3. The zero-order valence-electron chi connectivity index (χ0n) is 12.4. The highest BCUT2D eigenvalue weighted by Crippen LogP contribution is 2.21. The SMILES string of the molecule is CCn1c(C)cc(C(=O)CN2CCC(C)(O)C2)c1C. The highest BCUT2D eigenvalue weighted by molar-refractivity contribution is 5.99. The molecule has 1 fully saturated rings. The average Bonchev–Trinajstić information content (AvgIpc) is 2.79. The number of aryl methyl sites for hydroxylation is 1. The van der Waals surface area contributed by atoms with E-state index >= 15 is 0 Å². The van der Waals surface area contributed by atoms with E-state index in [1.54, 1.807) is 0 Å². The molecule has 0 aliphatic carbocycles. The summed E-state index contributed by atoms with van der Waals surface area (Å²) in [5.41, 5.74) is 2.37. The third kappa shape index (κ3) is 2.90. The van der Waals surface area contributed by atoms with Crippen LogP contribution in [0.4, 0.5) is 0 Å². The number of carbonyl (C=O) groups is 1. The molecule has 0 saturated carbocycles. The van der Waals surface area contributed by atoms with Crippen LogP contribution in [0.5, 0.6) is 0 Å². The number of nitrogens with zero attached hydrogens (tertiary/aromatic N) is 2. The minimum Gasteiger partial charge on any atom is -0.389 e. The summed E-state index contributed by atoms with van der Waals surface area (Å²) in [7, 11) is 0. The Morgan fingerprint density at radius 2 is 2.16 bits per heavy atom. The molecule has 1 unspecified atom stereocenters. The van der Waals surface area contributed by atoms with Crippen molar-refractivity contribution in [1.82, 2.24) is 9.47 Å². The number of likely N-dealkylation sites (tertiary alicyclic amines) is 1. The van der Waals surface area contributed by atoms with Crippen LogP contribution in [0.2, 0.25) is 0 Å². The molecular weight excluding hydrogens is 240 g/mol. The van der Waals surface area contributed by atoms with Crippen LogP contribution in [0.3, 0.4) is 0 Å². The highest BCUT2D eigenvalue weighted by Gasteiger charge is 2.32. The van der Waals surface area contributed by atoms with Gasteiger partial charge in [0.05, 0.1) is 12.1 Å². The lowest BCUT2D eigenvalue weighted by Gasteiger charge is -2.18. The van der Waals surface area contributed by atoms with Gasteiger partial charge in [0.1, 0.15) is 0 Å². The molecule has 0 aromatic carbocycles. The Hall–Kier alpha value is -1.13. The molecule has 1 atom stereocenters. The lowest BCUT2D eigenvalue weighted by atomic mass is 10.1. The number of carbonyl (C=O) groups excluding carboxylic acids is 1. The van der Waals surface area contributed by atoms with E-state index in [2.05, 4.69) is 11.5 Å². The first-order valence-corrected chi connectivity index (χ1v) is 6.98. The van der Waals surface area contributed by atoms with Crippen LogP contribution in [-0.4, -0.2) is 45.6 Å². The Morgan fingerprint density at radius 3 is 2.63 bits per heavy atom. The van der Waals surface area contributed by atoms with Gasteiger partial charge in [0.2, 0.25) is 0 Å². The second-order valence-corrected chi connectivity index (χ2v) is 5.91. The predicted molar refractivity (Wildman–Crippen MR) is 75.6 cm³/mol. The third-order valence-corrected chi connectivity index (χ3v) is 4.09. The van der Waals surface area contributed by atoms with Crippen LogP contribution >= 0.6 is 0 Å². The summed E-state index contributed by atoms with van der Waals surface area (Å²) in [4.78, 5) is 14.4. The first kappa shape index (κ1) is 14.3. The Labute approximate surface area is 115 Å². The molecule has 0 spiro atoms. The molecule has 1 saturated heterocycles. The van der Waals surface area contributed by atoms with E-state index in [1.165, 1.54) is 0 Å². The van der Waals surface area contributed by atoms with Crippen molar-refractivity contribution >= 4 is 5.78 Å². The molecule has 1 aliphatic heterocycles. The molecule has 4 heteroatoms. The van der Waals surface area contributed by atoms with E-state index in [9.17, 15) is 9.90 Å². The van der Waals surface area contributed by atoms with Crippen molar-refractivity contribution in [1.29, 1.82) is 0 Å². The molecular formula is C15H24N2O2. The molecule has 19 heavy (non-hydrogen) atoms. The number of rotatable bonds is 4. The van der Waals surface area contributed by atoms with Gasteiger partial charge >= 0.3 is 0 Å². The van der Waals surface area contributed by atoms with Gasteiger partial charge in [0.25, 0.3) is 0 Å². The van der Waals surface area contributed by atoms with Gasteiger partial charge in [0.15, 0.2) is 5.78 Å². The Morgan fingerprint density at radius 1 is 1.47 bits per heavy atom. The van der Waals surface area contributed by atoms with Crippen molar-refractivity contribution in [3.63, 3.8) is 0 Å². The number of ketones is 1. The van der Waals surface area contributed by atoms with Gasteiger partial charge in [-0.3, -0.25) is 9.69 Å². The van der Waals surface area contributed by atoms with Crippen LogP contribution in [0.15, 0.2) is 6.07 Å². The molecule has 0 bridgehead atoms. The van der Waals surface area contributed by atoms with Crippen LogP contribution < -0.4 is 0 Å². The minimum atomic E-state index is -0.638. The standard InChI is InChI=1S/C15H24N2O2/c1-5-17-11(2)8-13(12(17)3)14(18)9-16-7-6-15(4,19)10-16/h8,19H,5-7,9-10H2,1-4H3. The van der Waals surface area contributed by atoms with Gasteiger partial charge in [-0.05, 0) is 40.2 Å². The van der Waals surface area contributed by atoms with Crippen LogP contribution in [0, 0.1) is 13.8 Å². The molecule has 2 heterocycles. The van der Waals surface area contributed by atoms with Gasteiger partial charge in [-0.2, -0.15) is 0 Å². The van der Waals surface area contributed by atoms with Crippen molar-refractivity contribution in [3.05, 3.63) is 23.0 Å². The number of β-amino-alcohol motifs (C(OH)–C–C–N with tert-alkyl or cyclic N) is 1. The normalized spacial score (nSPS) is 24.1. The van der Waals surface area contributed by atoms with Crippen molar-refractivity contribution in [2.75, 3.05) is 19.6 Å². The maximum Gasteiger partial charge on any atom is 0.178 e. The van der Waals surface area contributed by atoms with Crippen molar-refractivity contribution in [2.45, 2.75) is 46.3 Å². The van der Waals surface area contributed by atoms with E-state index in [0.29, 0.717) is 13.1 Å². The van der Waals surface area contributed by atoms with Crippen molar-refractivity contribution in [3.8, 4) is 0 Å². The summed E-state index contributed by atoms with van der Waals surface area (Å²) < 4.78 is 2.16. The largest absolute Gasteiger partial charge is 0.389 e. The topological polar surface area (TPSA) is 45.5 Å². The smallest absolute Gasteiger partial charge is 0.178 e. The summed E-state index contributed by atoms with van der Waals surface area (Å²) in [6.45, 7) is 10.6. The summed E-state index contributed by atoms with van der Waals surface area (Å²) in [5.74, 6) is 0.158. The van der Waals surface area contributed by atoms with E-state index < -0.39 is 5.60 Å². The average molecular weight is 264 g/mol. The first-order chi connectivity index (χ1) is 8.84. The predicted octanol–water partition coefficient (Wildman–Crippen LogP) is 1.76. The summed E-state index contributed by atoms with van der Waals surface area (Å²) in [5, 5.41) is 9.93. The Balaban J connectivity index is 2.09. The lowest BCUT2D eigenvalue weighted by molar-refractivity contribution is 0.0669. The minimum absolute atomic E-state index is 0.158. The molecule has 0 radical (unpaired) electrons. The summed E-state index contributed by atoms with van der Waals surface area (Å²) in [6.07, 6.45) is 0.744. The fourth-order valence-electron chi connectivity index (χ4n) is 3.03. The second kappa shape index (κ2) is 5.10. The third-order valence-electron chi connectivity index (χ3n) is 4.09. The molecule has 1 N–H and O–H groups in total. The Kier molecular flexibility index (Phi) is 3.83. The molecule has 4 nitrogen and oxygen atoms in total. The van der Waals surface area contributed by atoms with Crippen molar-refractivity contribution in [2.24, 2.45) is 0 Å². The fraction of sp³-hybridized carbons (Fsp3) is 0.667. The van der Waals surface area contributed by atoms with E-state index in [-0.39, 0.29) is 5.78 Å². The summed E-state index contributed by atoms with van der Waals surface area (Å²) in [6, 6.07) is 1.98. The number of hydrogen-bond acceptors (Lipinski definition) is 3. The lowest BCUT2D eigenvalue weighted by Crippen LogP contribution is -2.33. The fourth-order valence-corrected chi connectivity index (χ4v) is 3.03. The zero-order chi connectivity index (χ0) is 14.2.